The van der Waals surface area contributed by atoms with Gasteiger partial charge in [-0.15, -0.1) is 11.8 Å². The van der Waals surface area contributed by atoms with E-state index in [0.29, 0.717) is 13.1 Å². The van der Waals surface area contributed by atoms with Crippen LogP contribution in [0.15, 0.2) is 89.8 Å². The minimum absolute atomic E-state index is 0.112. The summed E-state index contributed by atoms with van der Waals surface area (Å²) < 4.78 is 0. The zero-order valence-corrected chi connectivity index (χ0v) is 17.2. The third-order valence-electron chi connectivity index (χ3n) is 4.85. The molecule has 0 aliphatic heterocycles. The number of rotatable bonds is 8. The van der Waals surface area contributed by atoms with E-state index in [1.165, 1.54) is 16.0 Å². The summed E-state index contributed by atoms with van der Waals surface area (Å²) in [6, 6.07) is 29.2. The Bertz CT molecular complexity index is 827. The molecule has 0 bridgehead atoms. The van der Waals surface area contributed by atoms with Crippen LogP contribution < -0.4 is 5.32 Å². The summed E-state index contributed by atoms with van der Waals surface area (Å²) in [5.74, 6) is 0.130. The van der Waals surface area contributed by atoms with Gasteiger partial charge in [0, 0.05) is 29.6 Å². The topological polar surface area (TPSA) is 36.9 Å². The SMILES string of the molecule is CSc1ccc(CN(C)C(=O)C[NH2+]C(c2ccccc2)c2ccccc2)cc1. The van der Waals surface area contributed by atoms with Crippen LogP contribution in [0.2, 0.25) is 0 Å². The molecular formula is C24H27N2OS+. The number of carbonyl (C=O) groups excluding carboxylic acids is 1. The van der Waals surface area contributed by atoms with Gasteiger partial charge in [-0.1, -0.05) is 72.8 Å². The second-order valence-electron chi connectivity index (χ2n) is 6.84. The summed E-state index contributed by atoms with van der Waals surface area (Å²) in [5.41, 5.74) is 3.56. The molecule has 0 saturated carbocycles. The molecule has 0 heterocycles. The van der Waals surface area contributed by atoms with Gasteiger partial charge in [-0.2, -0.15) is 0 Å². The van der Waals surface area contributed by atoms with Crippen molar-refractivity contribution in [2.45, 2.75) is 17.5 Å². The van der Waals surface area contributed by atoms with E-state index in [1.807, 2.05) is 43.4 Å². The minimum atomic E-state index is 0.112. The quantitative estimate of drug-likeness (QED) is 0.594. The first-order valence-electron chi connectivity index (χ1n) is 9.47. The Kier molecular flexibility index (Phi) is 7.29. The number of hydrogen-bond donors (Lipinski definition) is 1. The first kappa shape index (κ1) is 20.2. The van der Waals surface area contributed by atoms with Crippen LogP contribution in [0.3, 0.4) is 0 Å². The lowest BCUT2D eigenvalue weighted by Crippen LogP contribution is -2.87. The summed E-state index contributed by atoms with van der Waals surface area (Å²) in [4.78, 5) is 15.8. The molecule has 0 aliphatic rings. The highest BCUT2D eigenvalue weighted by Gasteiger charge is 2.20. The van der Waals surface area contributed by atoms with Crippen LogP contribution in [-0.4, -0.2) is 30.7 Å². The van der Waals surface area contributed by atoms with E-state index in [4.69, 9.17) is 0 Å². The molecule has 0 fully saturated rings. The van der Waals surface area contributed by atoms with Gasteiger partial charge in [-0.3, -0.25) is 4.79 Å². The molecule has 2 N–H and O–H groups in total. The van der Waals surface area contributed by atoms with Crippen molar-refractivity contribution in [3.63, 3.8) is 0 Å². The number of amides is 1. The number of quaternary nitrogens is 1. The molecule has 0 radical (unpaired) electrons. The standard InChI is InChI=1S/C24H26N2OS/c1-26(18-19-13-15-22(28-2)16-14-19)23(27)17-25-24(20-9-5-3-6-10-20)21-11-7-4-8-12-21/h3-16,24-25H,17-18H2,1-2H3/p+1. The van der Waals surface area contributed by atoms with Crippen LogP contribution in [0.5, 0.6) is 0 Å². The van der Waals surface area contributed by atoms with E-state index in [9.17, 15) is 4.79 Å². The van der Waals surface area contributed by atoms with Crippen molar-refractivity contribution in [1.82, 2.24) is 4.90 Å². The lowest BCUT2D eigenvalue weighted by atomic mass is 9.99. The molecule has 0 aromatic heterocycles. The summed E-state index contributed by atoms with van der Waals surface area (Å²) in [5, 5.41) is 2.13. The van der Waals surface area contributed by atoms with E-state index in [0.717, 1.165) is 5.56 Å². The summed E-state index contributed by atoms with van der Waals surface area (Å²) in [6.45, 7) is 1.04. The summed E-state index contributed by atoms with van der Waals surface area (Å²) in [6.07, 6.45) is 2.07. The van der Waals surface area contributed by atoms with Gasteiger partial charge >= 0.3 is 0 Å². The zero-order valence-electron chi connectivity index (χ0n) is 16.4. The Balaban J connectivity index is 1.64. The van der Waals surface area contributed by atoms with Gasteiger partial charge in [-0.05, 0) is 24.0 Å². The van der Waals surface area contributed by atoms with E-state index < -0.39 is 0 Å². The monoisotopic (exact) mass is 391 g/mol. The molecule has 0 unspecified atom stereocenters. The molecule has 0 spiro atoms. The third kappa shape index (κ3) is 5.47. The summed E-state index contributed by atoms with van der Waals surface area (Å²) >= 11 is 1.72. The molecule has 3 nitrogen and oxygen atoms in total. The van der Waals surface area contributed by atoms with E-state index >= 15 is 0 Å². The fourth-order valence-corrected chi connectivity index (χ4v) is 3.66. The van der Waals surface area contributed by atoms with Gasteiger partial charge in [0.15, 0.2) is 6.54 Å². The highest BCUT2D eigenvalue weighted by molar-refractivity contribution is 7.98. The summed E-state index contributed by atoms with van der Waals surface area (Å²) in [7, 11) is 1.87. The maximum atomic E-state index is 12.7. The number of likely N-dealkylation sites (N-methyl/N-ethyl adjacent to an activating group) is 1. The zero-order chi connectivity index (χ0) is 19.8. The predicted octanol–water partition coefficient (Wildman–Crippen LogP) is 3.72. The molecule has 3 aromatic carbocycles. The molecule has 3 rings (SSSR count). The molecule has 0 atom stereocenters. The van der Waals surface area contributed by atoms with Crippen molar-refractivity contribution < 1.29 is 10.1 Å². The van der Waals surface area contributed by atoms with Gasteiger partial charge in [-0.25, -0.2) is 0 Å². The normalized spacial score (nSPS) is 10.8. The van der Waals surface area contributed by atoms with E-state index in [-0.39, 0.29) is 11.9 Å². The third-order valence-corrected chi connectivity index (χ3v) is 5.59. The largest absolute Gasteiger partial charge is 0.337 e. The van der Waals surface area contributed by atoms with Crippen molar-refractivity contribution in [1.29, 1.82) is 0 Å². The Morgan fingerprint density at radius 1 is 0.893 bits per heavy atom. The fraction of sp³-hybridized carbons (Fsp3) is 0.208. The number of nitrogens with zero attached hydrogens (tertiary/aromatic N) is 1. The lowest BCUT2D eigenvalue weighted by Gasteiger charge is -2.20. The van der Waals surface area contributed by atoms with Crippen LogP contribution in [-0.2, 0) is 11.3 Å². The van der Waals surface area contributed by atoms with Gasteiger partial charge in [0.05, 0.1) is 0 Å². The molecule has 4 heteroatoms. The first-order chi connectivity index (χ1) is 13.7. The van der Waals surface area contributed by atoms with Crippen LogP contribution in [0, 0.1) is 0 Å². The minimum Gasteiger partial charge on any atom is -0.337 e. The molecule has 3 aromatic rings. The second kappa shape index (κ2) is 10.1. The number of hydrogen-bond acceptors (Lipinski definition) is 2. The average Bonchev–Trinajstić information content (AvgIpc) is 2.76. The highest BCUT2D eigenvalue weighted by atomic mass is 32.2. The number of carbonyl (C=O) groups is 1. The lowest BCUT2D eigenvalue weighted by molar-refractivity contribution is -0.677. The van der Waals surface area contributed by atoms with Crippen LogP contribution in [0.25, 0.3) is 0 Å². The van der Waals surface area contributed by atoms with Gasteiger partial charge in [0.1, 0.15) is 6.04 Å². The fourth-order valence-electron chi connectivity index (χ4n) is 3.25. The number of nitrogens with two attached hydrogens (primary N) is 1. The van der Waals surface area contributed by atoms with Crippen LogP contribution >= 0.6 is 11.8 Å². The maximum Gasteiger partial charge on any atom is 0.277 e. The smallest absolute Gasteiger partial charge is 0.277 e. The Hall–Kier alpha value is -2.56. The van der Waals surface area contributed by atoms with Crippen LogP contribution in [0.4, 0.5) is 0 Å². The molecule has 0 aliphatic carbocycles. The highest BCUT2D eigenvalue weighted by Crippen LogP contribution is 2.18. The molecule has 1 amide bonds. The van der Waals surface area contributed by atoms with Crippen molar-refractivity contribution >= 4 is 17.7 Å². The molecule has 28 heavy (non-hydrogen) atoms. The Morgan fingerprint density at radius 2 is 1.43 bits per heavy atom. The Labute approximate surface area is 171 Å². The maximum absolute atomic E-state index is 12.7. The molecule has 144 valence electrons. The van der Waals surface area contributed by atoms with Crippen molar-refractivity contribution in [2.75, 3.05) is 19.8 Å². The molecular weight excluding hydrogens is 364 g/mol. The second-order valence-corrected chi connectivity index (χ2v) is 7.72. The van der Waals surface area contributed by atoms with Crippen molar-refractivity contribution in [2.24, 2.45) is 0 Å². The van der Waals surface area contributed by atoms with E-state index in [1.54, 1.807) is 16.7 Å². The molecule has 0 saturated heterocycles. The van der Waals surface area contributed by atoms with Crippen molar-refractivity contribution in [3.05, 3.63) is 102 Å². The number of benzene rings is 3. The Morgan fingerprint density at radius 3 is 1.93 bits per heavy atom. The first-order valence-corrected chi connectivity index (χ1v) is 10.7. The van der Waals surface area contributed by atoms with Crippen LogP contribution in [0.1, 0.15) is 22.7 Å². The van der Waals surface area contributed by atoms with Gasteiger partial charge in [0.25, 0.3) is 5.91 Å². The van der Waals surface area contributed by atoms with Gasteiger partial charge in [0.2, 0.25) is 0 Å². The predicted molar refractivity (Wildman–Crippen MR) is 116 cm³/mol. The van der Waals surface area contributed by atoms with Gasteiger partial charge < -0.3 is 10.2 Å². The average molecular weight is 392 g/mol. The number of thioether (sulfide) groups is 1. The van der Waals surface area contributed by atoms with Crippen molar-refractivity contribution in [3.8, 4) is 0 Å². The van der Waals surface area contributed by atoms with E-state index in [2.05, 4.69) is 60.1 Å².